The smallest absolute Gasteiger partial charge is 0.402 e. The first kappa shape index (κ1) is 23.1. The number of rotatable bonds is 4. The molecule has 5 nitrogen and oxygen atoms in total. The molecule has 2 aliphatic rings. The van der Waals surface area contributed by atoms with Gasteiger partial charge in [-0.15, -0.1) is 5.48 Å². The summed E-state index contributed by atoms with van der Waals surface area (Å²) in [6.07, 6.45) is -4.75. The number of amides is 1. The van der Waals surface area contributed by atoms with Gasteiger partial charge in [-0.05, 0) is 47.9 Å². The number of carbonyl (C=O) groups excluding carboxylic acids is 1. The molecular formula is C21H17Cl2F3N2O3S. The van der Waals surface area contributed by atoms with Gasteiger partial charge in [-0.3, -0.25) is 9.00 Å². The van der Waals surface area contributed by atoms with Gasteiger partial charge in [0.1, 0.15) is 0 Å². The second-order valence-electron chi connectivity index (χ2n) is 7.57. The highest BCUT2D eigenvalue weighted by atomic mass is 35.5. The summed E-state index contributed by atoms with van der Waals surface area (Å²) in [5.41, 5.74) is 3.87. The number of allylic oxidation sites excluding steroid dienone is 1. The Hall–Kier alpha value is -2.07. The van der Waals surface area contributed by atoms with E-state index < -0.39 is 28.8 Å². The van der Waals surface area contributed by atoms with Crippen molar-refractivity contribution in [3.63, 3.8) is 0 Å². The lowest BCUT2D eigenvalue weighted by Gasteiger charge is -2.26. The highest BCUT2D eigenvalue weighted by Crippen LogP contribution is 2.45. The minimum atomic E-state index is -4.75. The van der Waals surface area contributed by atoms with Crippen LogP contribution in [0.4, 0.5) is 13.2 Å². The highest BCUT2D eigenvalue weighted by molar-refractivity contribution is 7.86. The quantitative estimate of drug-likeness (QED) is 0.632. The predicted octanol–water partition coefficient (Wildman–Crippen LogP) is 4.71. The number of benzene rings is 2. The fraction of sp³-hybridized carbons (Fsp3) is 0.286. The first-order chi connectivity index (χ1) is 15.0. The third-order valence-electron chi connectivity index (χ3n) is 5.18. The maximum absolute atomic E-state index is 13.7. The van der Waals surface area contributed by atoms with Gasteiger partial charge in [-0.1, -0.05) is 35.3 Å². The maximum Gasteiger partial charge on any atom is 0.451 e. The molecule has 1 fully saturated rings. The van der Waals surface area contributed by atoms with Crippen LogP contribution < -0.4 is 10.8 Å². The van der Waals surface area contributed by atoms with E-state index in [0.29, 0.717) is 28.2 Å². The molecule has 1 saturated heterocycles. The lowest BCUT2D eigenvalue weighted by Crippen LogP contribution is -2.50. The van der Waals surface area contributed by atoms with Crippen LogP contribution in [0.25, 0.3) is 5.57 Å². The third kappa shape index (κ3) is 4.66. The van der Waals surface area contributed by atoms with Gasteiger partial charge in [0.25, 0.3) is 5.91 Å². The molecule has 0 unspecified atom stereocenters. The molecule has 1 atom stereocenters. The van der Waals surface area contributed by atoms with Crippen LogP contribution in [0.3, 0.4) is 0 Å². The zero-order chi connectivity index (χ0) is 23.2. The second kappa shape index (κ2) is 8.70. The summed E-state index contributed by atoms with van der Waals surface area (Å²) >= 11 is 12.0. The van der Waals surface area contributed by atoms with Crippen molar-refractivity contribution in [2.24, 2.45) is 0 Å². The van der Waals surface area contributed by atoms with Gasteiger partial charge in [0, 0.05) is 43.5 Å². The number of carbonyl (C=O) groups is 1. The lowest BCUT2D eigenvalue weighted by atomic mass is 9.91. The molecule has 32 heavy (non-hydrogen) atoms. The minimum Gasteiger partial charge on any atom is -0.402 e. The zero-order valence-corrected chi connectivity index (χ0v) is 18.9. The van der Waals surface area contributed by atoms with Crippen LogP contribution in [0.2, 0.25) is 10.0 Å². The van der Waals surface area contributed by atoms with Gasteiger partial charge in [0.15, 0.2) is 0 Å². The van der Waals surface area contributed by atoms with Crippen molar-refractivity contribution in [3.8, 4) is 0 Å². The number of hydrogen-bond acceptors (Lipinski definition) is 4. The van der Waals surface area contributed by atoms with E-state index in [4.69, 9.17) is 28.0 Å². The van der Waals surface area contributed by atoms with Gasteiger partial charge in [0.2, 0.25) is 5.76 Å². The van der Waals surface area contributed by atoms with Gasteiger partial charge < -0.3 is 10.2 Å². The standard InChI is InChI=1S/C21H17Cl2F3N2O3S/c1-10-4-11(2-3-16(10)20(29)27-15-8-32(30)9-15)18-17(19(31-28-18)21(24,25)26)12-5-13(22)7-14(23)6-12/h2-7,15,18,28H,8-9H2,1H3,(H,27,29)/t15?,18-,32?/m0/s1. The Morgan fingerprint density at radius 2 is 1.81 bits per heavy atom. The topological polar surface area (TPSA) is 67.4 Å². The number of halogens is 5. The molecular weight excluding hydrogens is 488 g/mol. The van der Waals surface area contributed by atoms with E-state index >= 15 is 0 Å². The summed E-state index contributed by atoms with van der Waals surface area (Å²) in [4.78, 5) is 17.4. The molecule has 0 radical (unpaired) electrons. The van der Waals surface area contributed by atoms with E-state index in [2.05, 4.69) is 10.8 Å². The fourth-order valence-corrected chi connectivity index (χ4v) is 5.18. The van der Waals surface area contributed by atoms with Crippen LogP contribution in [-0.2, 0) is 15.6 Å². The molecule has 1 amide bonds. The molecule has 2 aromatic carbocycles. The molecule has 2 aliphatic heterocycles. The van der Waals surface area contributed by atoms with Crippen LogP contribution in [0, 0.1) is 6.92 Å². The van der Waals surface area contributed by atoms with Gasteiger partial charge in [0.05, 0.1) is 12.1 Å². The molecule has 11 heteroatoms. The number of aryl methyl sites for hydroxylation is 1. The Labute approximate surface area is 194 Å². The summed E-state index contributed by atoms with van der Waals surface area (Å²) in [5.74, 6) is -0.663. The molecule has 0 bridgehead atoms. The van der Waals surface area contributed by atoms with Crippen LogP contribution in [0.5, 0.6) is 0 Å². The first-order valence-corrected chi connectivity index (χ1v) is 11.7. The van der Waals surface area contributed by atoms with Crippen molar-refractivity contribution in [2.45, 2.75) is 25.2 Å². The molecule has 170 valence electrons. The van der Waals surface area contributed by atoms with Crippen LogP contribution >= 0.6 is 23.2 Å². The van der Waals surface area contributed by atoms with Gasteiger partial charge in [-0.25, -0.2) is 0 Å². The van der Waals surface area contributed by atoms with E-state index in [9.17, 15) is 22.2 Å². The first-order valence-electron chi connectivity index (χ1n) is 9.49. The van der Waals surface area contributed by atoms with E-state index in [0.717, 1.165) is 0 Å². The van der Waals surface area contributed by atoms with Gasteiger partial charge >= 0.3 is 6.18 Å². The normalized spacial score (nSPS) is 23.0. The van der Waals surface area contributed by atoms with E-state index in [1.807, 2.05) is 0 Å². The van der Waals surface area contributed by atoms with E-state index in [1.54, 1.807) is 25.1 Å². The van der Waals surface area contributed by atoms with Gasteiger partial charge in [-0.2, -0.15) is 13.2 Å². The third-order valence-corrected chi connectivity index (χ3v) is 7.17. The predicted molar refractivity (Wildman–Crippen MR) is 117 cm³/mol. The fourth-order valence-electron chi connectivity index (χ4n) is 3.68. The van der Waals surface area contributed by atoms with Crippen molar-refractivity contribution in [1.82, 2.24) is 10.8 Å². The van der Waals surface area contributed by atoms with Crippen molar-refractivity contribution < 1.29 is 27.0 Å². The molecule has 0 saturated carbocycles. The number of nitrogens with one attached hydrogen (secondary N) is 2. The summed E-state index contributed by atoms with van der Waals surface area (Å²) in [6.45, 7) is 1.69. The Morgan fingerprint density at radius 1 is 1.16 bits per heavy atom. The average Bonchev–Trinajstić information content (AvgIpc) is 3.11. The summed E-state index contributed by atoms with van der Waals surface area (Å²) in [5, 5.41) is 3.18. The molecule has 4 rings (SSSR count). The monoisotopic (exact) mass is 504 g/mol. The molecule has 0 spiro atoms. The molecule has 0 aliphatic carbocycles. The number of alkyl halides is 3. The van der Waals surface area contributed by atoms with Crippen molar-refractivity contribution in [3.05, 3.63) is 74.5 Å². The minimum absolute atomic E-state index is 0.135. The summed E-state index contributed by atoms with van der Waals surface area (Å²) in [6, 6.07) is 7.83. The Kier molecular flexibility index (Phi) is 6.28. The van der Waals surface area contributed by atoms with Crippen LogP contribution in [0.15, 0.2) is 42.2 Å². The Morgan fingerprint density at radius 3 is 2.38 bits per heavy atom. The second-order valence-corrected chi connectivity index (χ2v) is 9.99. The molecule has 0 aromatic heterocycles. The summed E-state index contributed by atoms with van der Waals surface area (Å²) in [7, 11) is -0.895. The van der Waals surface area contributed by atoms with Crippen molar-refractivity contribution >= 4 is 45.5 Å². The van der Waals surface area contributed by atoms with Crippen molar-refractivity contribution in [2.75, 3.05) is 11.5 Å². The Bertz CT molecular complexity index is 1130. The largest absolute Gasteiger partial charge is 0.451 e. The zero-order valence-electron chi connectivity index (χ0n) is 16.6. The number of hydroxylamine groups is 1. The Balaban J connectivity index is 1.68. The van der Waals surface area contributed by atoms with Crippen LogP contribution in [0.1, 0.15) is 33.1 Å². The molecule has 2 N–H and O–H groups in total. The SMILES string of the molecule is Cc1cc([C@@H]2NOC(C(F)(F)F)=C2c2cc(Cl)cc(Cl)c2)ccc1C(=O)NC1CS(=O)C1. The highest BCUT2D eigenvalue weighted by Gasteiger charge is 2.46. The maximum atomic E-state index is 13.7. The lowest BCUT2D eigenvalue weighted by molar-refractivity contribution is -0.136. The summed E-state index contributed by atoms with van der Waals surface area (Å²) < 4.78 is 52.2. The average molecular weight is 505 g/mol. The number of hydrogen-bond donors (Lipinski definition) is 2. The van der Waals surface area contributed by atoms with Crippen molar-refractivity contribution in [1.29, 1.82) is 0 Å². The molecule has 2 heterocycles. The van der Waals surface area contributed by atoms with E-state index in [-0.39, 0.29) is 33.1 Å². The molecule has 2 aromatic rings. The van der Waals surface area contributed by atoms with Crippen LogP contribution in [-0.4, -0.2) is 33.8 Å². The van der Waals surface area contributed by atoms with E-state index in [1.165, 1.54) is 18.2 Å².